The van der Waals surface area contributed by atoms with Crippen LogP contribution < -0.4 is 5.32 Å². The Kier molecular flexibility index (Phi) is 8.23. The molecular formula is C14H30N2O. The summed E-state index contributed by atoms with van der Waals surface area (Å²) in [6, 6.07) is 0.514. The molecule has 0 rings (SSSR count). The normalized spacial score (nSPS) is 13.2. The highest BCUT2D eigenvalue weighted by molar-refractivity contribution is 5.82. The van der Waals surface area contributed by atoms with E-state index in [1.807, 2.05) is 11.9 Å². The third-order valence-electron chi connectivity index (χ3n) is 3.11. The van der Waals surface area contributed by atoms with E-state index in [1.165, 1.54) is 12.8 Å². The number of carbonyl (C=O) groups is 1. The summed E-state index contributed by atoms with van der Waals surface area (Å²) < 4.78 is 0. The first kappa shape index (κ1) is 16.4. The Morgan fingerprint density at radius 1 is 1.12 bits per heavy atom. The van der Waals surface area contributed by atoms with E-state index in [9.17, 15) is 4.79 Å². The van der Waals surface area contributed by atoms with E-state index in [-0.39, 0.29) is 24.0 Å². The molecule has 0 radical (unpaired) electrons. The van der Waals surface area contributed by atoms with Crippen LogP contribution >= 0.6 is 0 Å². The molecule has 0 fully saturated rings. The predicted octanol–water partition coefficient (Wildman–Crippen LogP) is 2.80. The zero-order valence-corrected chi connectivity index (χ0v) is 12.4. The molecule has 0 saturated carbocycles. The van der Waals surface area contributed by atoms with Gasteiger partial charge < -0.3 is 10.2 Å². The van der Waals surface area contributed by atoms with Crippen molar-refractivity contribution in [2.24, 2.45) is 0 Å². The molecule has 102 valence electrons. The first-order valence-electron chi connectivity index (χ1n) is 6.95. The van der Waals surface area contributed by atoms with Crippen LogP contribution in [0.15, 0.2) is 0 Å². The topological polar surface area (TPSA) is 32.3 Å². The van der Waals surface area contributed by atoms with Crippen molar-refractivity contribution in [2.45, 2.75) is 78.4 Å². The number of hydrogen-bond donors (Lipinski definition) is 1. The quantitative estimate of drug-likeness (QED) is 0.664. The van der Waals surface area contributed by atoms with Gasteiger partial charge in [0.2, 0.25) is 5.91 Å². The first-order valence-corrected chi connectivity index (χ1v) is 6.95. The summed E-state index contributed by atoms with van der Waals surface area (Å²) in [4.78, 5) is 14.4. The molecule has 0 aromatic carbocycles. The third kappa shape index (κ3) is 5.53. The van der Waals surface area contributed by atoms with Gasteiger partial charge in [-0.25, -0.2) is 0 Å². The molecule has 0 bridgehead atoms. The van der Waals surface area contributed by atoms with Crippen LogP contribution in [0.1, 0.15) is 60.3 Å². The fourth-order valence-corrected chi connectivity index (χ4v) is 2.27. The second kappa shape index (κ2) is 8.51. The maximum Gasteiger partial charge on any atom is 0.240 e. The molecule has 0 saturated heterocycles. The SMILES string of the molecule is CCCCC[C@@H](NC)C(=O)N(C(C)C)C(C)C. The zero-order valence-electron chi connectivity index (χ0n) is 12.4. The number of nitrogens with zero attached hydrogens (tertiary/aromatic N) is 1. The number of likely N-dealkylation sites (N-methyl/N-ethyl adjacent to an activating group) is 1. The Hall–Kier alpha value is -0.570. The van der Waals surface area contributed by atoms with Gasteiger partial charge in [0.1, 0.15) is 0 Å². The van der Waals surface area contributed by atoms with Crippen molar-refractivity contribution in [3.63, 3.8) is 0 Å². The molecule has 0 heterocycles. The largest absolute Gasteiger partial charge is 0.336 e. The molecule has 0 unspecified atom stereocenters. The van der Waals surface area contributed by atoms with Crippen molar-refractivity contribution >= 4 is 5.91 Å². The molecule has 3 heteroatoms. The summed E-state index contributed by atoms with van der Waals surface area (Å²) in [5.74, 6) is 0.244. The van der Waals surface area contributed by atoms with Gasteiger partial charge in [0.25, 0.3) is 0 Å². The number of hydrogen-bond acceptors (Lipinski definition) is 2. The minimum Gasteiger partial charge on any atom is -0.336 e. The van der Waals surface area contributed by atoms with Crippen LogP contribution in [0.5, 0.6) is 0 Å². The summed E-state index contributed by atoms with van der Waals surface area (Å²) >= 11 is 0. The Morgan fingerprint density at radius 3 is 2.00 bits per heavy atom. The molecular weight excluding hydrogens is 212 g/mol. The van der Waals surface area contributed by atoms with Gasteiger partial charge in [-0.15, -0.1) is 0 Å². The average Bonchev–Trinajstić information content (AvgIpc) is 2.23. The summed E-state index contributed by atoms with van der Waals surface area (Å²) in [6.07, 6.45) is 4.47. The summed E-state index contributed by atoms with van der Waals surface area (Å²) in [5, 5.41) is 3.16. The van der Waals surface area contributed by atoms with E-state index in [1.54, 1.807) is 0 Å². The Morgan fingerprint density at radius 2 is 1.65 bits per heavy atom. The van der Waals surface area contributed by atoms with Crippen molar-refractivity contribution in [1.82, 2.24) is 10.2 Å². The molecule has 17 heavy (non-hydrogen) atoms. The van der Waals surface area contributed by atoms with E-state index >= 15 is 0 Å². The maximum absolute atomic E-state index is 12.4. The molecule has 0 spiro atoms. The van der Waals surface area contributed by atoms with Gasteiger partial charge in [-0.1, -0.05) is 26.2 Å². The van der Waals surface area contributed by atoms with Gasteiger partial charge in [0, 0.05) is 12.1 Å². The molecule has 1 amide bonds. The van der Waals surface area contributed by atoms with E-state index in [2.05, 4.69) is 39.9 Å². The van der Waals surface area contributed by atoms with Crippen molar-refractivity contribution in [1.29, 1.82) is 0 Å². The number of rotatable bonds is 8. The molecule has 1 atom stereocenters. The zero-order chi connectivity index (χ0) is 13.4. The summed E-state index contributed by atoms with van der Waals surface area (Å²) in [6.45, 7) is 10.5. The lowest BCUT2D eigenvalue weighted by Crippen LogP contribution is -2.51. The van der Waals surface area contributed by atoms with Crippen LogP contribution in [0, 0.1) is 0 Å². The van der Waals surface area contributed by atoms with Gasteiger partial charge in [0.15, 0.2) is 0 Å². The highest BCUT2D eigenvalue weighted by atomic mass is 16.2. The van der Waals surface area contributed by atoms with Gasteiger partial charge >= 0.3 is 0 Å². The highest BCUT2D eigenvalue weighted by Gasteiger charge is 2.26. The second-order valence-corrected chi connectivity index (χ2v) is 5.27. The summed E-state index contributed by atoms with van der Waals surface area (Å²) in [5.41, 5.74) is 0. The minimum absolute atomic E-state index is 0.0219. The first-order chi connectivity index (χ1) is 7.95. The molecule has 0 aromatic heterocycles. The summed E-state index contributed by atoms with van der Waals surface area (Å²) in [7, 11) is 1.88. The molecule has 0 aromatic rings. The molecule has 0 aliphatic heterocycles. The van der Waals surface area contributed by atoms with E-state index in [0.29, 0.717) is 0 Å². The molecule has 3 nitrogen and oxygen atoms in total. The van der Waals surface area contributed by atoms with Crippen LogP contribution in [-0.2, 0) is 4.79 Å². The predicted molar refractivity (Wildman–Crippen MR) is 74.1 cm³/mol. The second-order valence-electron chi connectivity index (χ2n) is 5.27. The van der Waals surface area contributed by atoms with E-state index < -0.39 is 0 Å². The van der Waals surface area contributed by atoms with Gasteiger partial charge in [-0.2, -0.15) is 0 Å². The monoisotopic (exact) mass is 242 g/mol. The van der Waals surface area contributed by atoms with Crippen molar-refractivity contribution < 1.29 is 4.79 Å². The number of unbranched alkanes of at least 4 members (excludes halogenated alkanes) is 2. The van der Waals surface area contributed by atoms with Crippen LogP contribution in [0.2, 0.25) is 0 Å². The third-order valence-corrected chi connectivity index (χ3v) is 3.11. The van der Waals surface area contributed by atoms with Crippen LogP contribution in [0.3, 0.4) is 0 Å². The van der Waals surface area contributed by atoms with Crippen molar-refractivity contribution in [3.8, 4) is 0 Å². The van der Waals surface area contributed by atoms with Crippen LogP contribution in [0.25, 0.3) is 0 Å². The van der Waals surface area contributed by atoms with Crippen LogP contribution in [0.4, 0.5) is 0 Å². The molecule has 0 aliphatic carbocycles. The fraction of sp³-hybridized carbons (Fsp3) is 0.929. The van der Waals surface area contributed by atoms with Crippen molar-refractivity contribution in [3.05, 3.63) is 0 Å². The maximum atomic E-state index is 12.4. The average molecular weight is 242 g/mol. The number of amides is 1. The Labute approximate surface area is 107 Å². The smallest absolute Gasteiger partial charge is 0.240 e. The van der Waals surface area contributed by atoms with Gasteiger partial charge in [-0.3, -0.25) is 4.79 Å². The lowest BCUT2D eigenvalue weighted by atomic mass is 10.1. The highest BCUT2D eigenvalue weighted by Crippen LogP contribution is 2.12. The Balaban J connectivity index is 4.48. The van der Waals surface area contributed by atoms with E-state index in [0.717, 1.165) is 12.8 Å². The lowest BCUT2D eigenvalue weighted by molar-refractivity contribution is -0.137. The fourth-order valence-electron chi connectivity index (χ4n) is 2.27. The molecule has 1 N–H and O–H groups in total. The van der Waals surface area contributed by atoms with Gasteiger partial charge in [0.05, 0.1) is 6.04 Å². The minimum atomic E-state index is -0.0219. The number of nitrogens with one attached hydrogen (secondary N) is 1. The van der Waals surface area contributed by atoms with E-state index in [4.69, 9.17) is 0 Å². The Bertz CT molecular complexity index is 206. The van der Waals surface area contributed by atoms with Gasteiger partial charge in [-0.05, 0) is 41.2 Å². The van der Waals surface area contributed by atoms with Crippen molar-refractivity contribution in [2.75, 3.05) is 7.05 Å². The standard InChI is InChI=1S/C14H30N2O/c1-7-8-9-10-13(15-6)14(17)16(11(2)3)12(4)5/h11-13,15H,7-10H2,1-6H3/t13-/m1/s1. The van der Waals surface area contributed by atoms with Crippen LogP contribution in [-0.4, -0.2) is 36.0 Å². The lowest BCUT2D eigenvalue weighted by Gasteiger charge is -2.34. The number of carbonyl (C=O) groups excluding carboxylic acids is 1. The molecule has 0 aliphatic rings.